The van der Waals surface area contributed by atoms with Crippen LogP contribution in [0.4, 0.5) is 0 Å². The normalized spacial score (nSPS) is 12.1. The molecule has 0 saturated carbocycles. The van der Waals surface area contributed by atoms with Crippen LogP contribution in [0.15, 0.2) is 22.6 Å². The third-order valence-electron chi connectivity index (χ3n) is 2.25. The van der Waals surface area contributed by atoms with Crippen molar-refractivity contribution < 1.29 is 4.79 Å². The predicted octanol–water partition coefficient (Wildman–Crippen LogP) is 1.03. The summed E-state index contributed by atoms with van der Waals surface area (Å²) in [6.45, 7) is 3.73. The number of rotatable bonds is 3. The van der Waals surface area contributed by atoms with Gasteiger partial charge < -0.3 is 10.3 Å². The monoisotopic (exact) mass is 264 g/mol. The fourth-order valence-electron chi connectivity index (χ4n) is 1.40. The molecule has 2 N–H and O–H groups in total. The van der Waals surface area contributed by atoms with Gasteiger partial charge in [0.15, 0.2) is 0 Å². The summed E-state index contributed by atoms with van der Waals surface area (Å²) in [6.07, 6.45) is 2.43. The zero-order valence-corrected chi connectivity index (χ0v) is 10.7. The molecule has 7 heteroatoms. The Morgan fingerprint density at radius 2 is 2.28 bits per heavy atom. The molecule has 1 atom stereocenters. The molecule has 0 unspecified atom stereocenters. The topological polar surface area (TPSA) is 87.7 Å². The highest BCUT2D eigenvalue weighted by molar-refractivity contribution is 7.09. The van der Waals surface area contributed by atoms with E-state index >= 15 is 0 Å². The Labute approximate surface area is 107 Å². The zero-order valence-electron chi connectivity index (χ0n) is 9.93. The van der Waals surface area contributed by atoms with Crippen molar-refractivity contribution in [3.63, 3.8) is 0 Å². The van der Waals surface area contributed by atoms with Crippen molar-refractivity contribution >= 4 is 17.2 Å². The van der Waals surface area contributed by atoms with E-state index in [4.69, 9.17) is 0 Å². The average Bonchev–Trinajstić information content (AvgIpc) is 2.76. The summed E-state index contributed by atoms with van der Waals surface area (Å²) in [6, 6.07) is -0.208. The van der Waals surface area contributed by atoms with E-state index in [1.54, 1.807) is 0 Å². The molecule has 0 aliphatic heterocycles. The van der Waals surface area contributed by atoms with Gasteiger partial charge in [0.1, 0.15) is 10.7 Å². The van der Waals surface area contributed by atoms with Crippen LogP contribution in [0.5, 0.6) is 0 Å². The lowest BCUT2D eigenvalue weighted by molar-refractivity contribution is 0.0934. The highest BCUT2D eigenvalue weighted by Gasteiger charge is 2.14. The molecule has 2 aromatic heterocycles. The SMILES string of the molecule is Cc1csc([C@@H](C)NC(=O)c2cncc(=O)[nH]2)n1. The van der Waals surface area contributed by atoms with Crippen molar-refractivity contribution in [2.24, 2.45) is 0 Å². The van der Waals surface area contributed by atoms with Gasteiger partial charge >= 0.3 is 0 Å². The summed E-state index contributed by atoms with van der Waals surface area (Å²) in [7, 11) is 0. The van der Waals surface area contributed by atoms with Crippen LogP contribution in [-0.4, -0.2) is 20.9 Å². The Morgan fingerprint density at radius 3 is 2.89 bits per heavy atom. The fourth-order valence-corrected chi connectivity index (χ4v) is 2.20. The summed E-state index contributed by atoms with van der Waals surface area (Å²) in [5, 5.41) is 5.50. The maximum absolute atomic E-state index is 11.8. The van der Waals surface area contributed by atoms with Gasteiger partial charge in [-0.25, -0.2) is 4.98 Å². The van der Waals surface area contributed by atoms with E-state index in [1.165, 1.54) is 17.5 Å². The number of thiazole rings is 1. The molecule has 0 fully saturated rings. The number of carbonyl (C=O) groups is 1. The van der Waals surface area contributed by atoms with Crippen LogP contribution < -0.4 is 10.9 Å². The molecule has 94 valence electrons. The van der Waals surface area contributed by atoms with Crippen molar-refractivity contribution in [3.05, 3.63) is 44.5 Å². The minimum Gasteiger partial charge on any atom is -0.342 e. The first kappa shape index (κ1) is 12.4. The maximum atomic E-state index is 11.8. The van der Waals surface area contributed by atoms with Gasteiger partial charge in [0, 0.05) is 11.1 Å². The summed E-state index contributed by atoms with van der Waals surface area (Å²) in [5.74, 6) is -0.374. The molecule has 6 nitrogen and oxygen atoms in total. The van der Waals surface area contributed by atoms with Gasteiger partial charge in [0.2, 0.25) is 0 Å². The molecule has 0 spiro atoms. The third-order valence-corrected chi connectivity index (χ3v) is 3.40. The number of hydrogen-bond acceptors (Lipinski definition) is 5. The summed E-state index contributed by atoms with van der Waals surface area (Å²) in [5.41, 5.74) is 0.661. The Bertz CT molecular complexity index is 619. The molecule has 2 heterocycles. The van der Waals surface area contributed by atoms with Gasteiger partial charge in [-0.2, -0.15) is 0 Å². The Balaban J connectivity index is 2.10. The van der Waals surface area contributed by atoms with E-state index in [9.17, 15) is 9.59 Å². The first-order valence-corrected chi connectivity index (χ1v) is 6.21. The van der Waals surface area contributed by atoms with Crippen LogP contribution in [0.2, 0.25) is 0 Å². The van der Waals surface area contributed by atoms with E-state index in [0.29, 0.717) is 0 Å². The number of amides is 1. The average molecular weight is 264 g/mol. The molecule has 0 aliphatic rings. The lowest BCUT2D eigenvalue weighted by atomic mass is 10.3. The summed E-state index contributed by atoms with van der Waals surface area (Å²) in [4.78, 5) is 33.3. The van der Waals surface area contributed by atoms with E-state index in [0.717, 1.165) is 16.9 Å². The summed E-state index contributed by atoms with van der Waals surface area (Å²) >= 11 is 1.48. The fraction of sp³-hybridized carbons (Fsp3) is 0.273. The molecule has 0 radical (unpaired) electrons. The number of carbonyl (C=O) groups excluding carboxylic acids is 1. The lowest BCUT2D eigenvalue weighted by Crippen LogP contribution is -2.29. The zero-order chi connectivity index (χ0) is 13.1. The van der Waals surface area contributed by atoms with Crippen LogP contribution in [0.1, 0.15) is 34.2 Å². The van der Waals surface area contributed by atoms with Crippen molar-refractivity contribution in [2.45, 2.75) is 19.9 Å². The highest BCUT2D eigenvalue weighted by atomic mass is 32.1. The first-order chi connectivity index (χ1) is 8.56. The maximum Gasteiger partial charge on any atom is 0.269 e. The molecule has 1 amide bonds. The highest BCUT2D eigenvalue weighted by Crippen LogP contribution is 2.17. The van der Waals surface area contributed by atoms with Crippen LogP contribution in [-0.2, 0) is 0 Å². The molecule has 0 bridgehead atoms. The molecule has 0 aliphatic carbocycles. The number of H-pyrrole nitrogens is 1. The van der Waals surface area contributed by atoms with Crippen LogP contribution in [0.3, 0.4) is 0 Å². The standard InChI is InChI=1S/C11H12N4O2S/c1-6-5-18-11(13-6)7(2)14-10(17)8-3-12-4-9(16)15-8/h3-5,7H,1-2H3,(H,14,17)(H,15,16)/t7-/m1/s1. The smallest absolute Gasteiger partial charge is 0.269 e. The van der Waals surface area contributed by atoms with Gasteiger partial charge in [-0.3, -0.25) is 14.6 Å². The number of aryl methyl sites for hydroxylation is 1. The van der Waals surface area contributed by atoms with Crippen LogP contribution in [0, 0.1) is 6.92 Å². The Kier molecular flexibility index (Phi) is 3.52. The Morgan fingerprint density at radius 1 is 1.50 bits per heavy atom. The minimum atomic E-state index is -0.402. The van der Waals surface area contributed by atoms with E-state index in [-0.39, 0.29) is 17.6 Å². The van der Waals surface area contributed by atoms with Gasteiger partial charge in [-0.1, -0.05) is 0 Å². The number of nitrogens with one attached hydrogen (secondary N) is 2. The number of aromatic amines is 1. The van der Waals surface area contributed by atoms with Crippen molar-refractivity contribution in [1.82, 2.24) is 20.3 Å². The number of nitrogens with zero attached hydrogens (tertiary/aromatic N) is 2. The molecule has 0 aromatic carbocycles. The second-order valence-electron chi connectivity index (χ2n) is 3.83. The van der Waals surface area contributed by atoms with Crippen LogP contribution >= 0.6 is 11.3 Å². The lowest BCUT2D eigenvalue weighted by Gasteiger charge is -2.10. The quantitative estimate of drug-likeness (QED) is 0.866. The third kappa shape index (κ3) is 2.80. The molecular weight excluding hydrogens is 252 g/mol. The minimum absolute atomic E-state index is 0.141. The largest absolute Gasteiger partial charge is 0.342 e. The summed E-state index contributed by atoms with van der Waals surface area (Å²) < 4.78 is 0. The van der Waals surface area contributed by atoms with E-state index in [1.807, 2.05) is 19.2 Å². The molecule has 0 saturated heterocycles. The van der Waals surface area contributed by atoms with Gasteiger partial charge in [-0.05, 0) is 13.8 Å². The van der Waals surface area contributed by atoms with Crippen molar-refractivity contribution in [2.75, 3.05) is 0 Å². The van der Waals surface area contributed by atoms with Gasteiger partial charge in [0.05, 0.1) is 18.4 Å². The second kappa shape index (κ2) is 5.09. The molecular formula is C11H12N4O2S. The van der Waals surface area contributed by atoms with Gasteiger partial charge in [-0.15, -0.1) is 11.3 Å². The van der Waals surface area contributed by atoms with Crippen LogP contribution in [0.25, 0.3) is 0 Å². The van der Waals surface area contributed by atoms with E-state index < -0.39 is 5.56 Å². The second-order valence-corrected chi connectivity index (χ2v) is 4.72. The van der Waals surface area contributed by atoms with Gasteiger partial charge in [0.25, 0.3) is 11.5 Å². The first-order valence-electron chi connectivity index (χ1n) is 5.33. The van der Waals surface area contributed by atoms with Crippen molar-refractivity contribution in [1.29, 1.82) is 0 Å². The molecule has 18 heavy (non-hydrogen) atoms. The van der Waals surface area contributed by atoms with Crippen molar-refractivity contribution in [3.8, 4) is 0 Å². The molecule has 2 aromatic rings. The number of aromatic nitrogens is 3. The predicted molar refractivity (Wildman–Crippen MR) is 67.6 cm³/mol. The number of hydrogen-bond donors (Lipinski definition) is 2. The molecule has 2 rings (SSSR count). The Hall–Kier alpha value is -2.02. The van der Waals surface area contributed by atoms with E-state index in [2.05, 4.69) is 20.3 Å².